The summed E-state index contributed by atoms with van der Waals surface area (Å²) in [6.07, 6.45) is 7.17. The van der Waals surface area contributed by atoms with Crippen molar-refractivity contribution in [1.82, 2.24) is 30.0 Å². The van der Waals surface area contributed by atoms with Gasteiger partial charge in [0, 0.05) is 26.0 Å². The molecule has 1 aliphatic heterocycles. The number of aromatic nitrogens is 4. The van der Waals surface area contributed by atoms with E-state index in [2.05, 4.69) is 20.5 Å². The van der Waals surface area contributed by atoms with Crippen LogP contribution in [0.5, 0.6) is 0 Å². The Morgan fingerprint density at radius 1 is 1.41 bits per heavy atom. The third-order valence-corrected chi connectivity index (χ3v) is 4.08. The first kappa shape index (κ1) is 14.5. The van der Waals surface area contributed by atoms with E-state index in [-0.39, 0.29) is 18.1 Å². The second-order valence-corrected chi connectivity index (χ2v) is 5.60. The van der Waals surface area contributed by atoms with Crippen molar-refractivity contribution < 1.29 is 4.79 Å². The van der Waals surface area contributed by atoms with Crippen molar-refractivity contribution in [2.24, 2.45) is 7.05 Å². The minimum Gasteiger partial charge on any atom is -0.328 e. The molecule has 0 radical (unpaired) electrons. The fourth-order valence-corrected chi connectivity index (χ4v) is 2.96. The summed E-state index contributed by atoms with van der Waals surface area (Å²) in [5.74, 6) is 0.744. The highest BCUT2D eigenvalue weighted by Crippen LogP contribution is 2.31. The van der Waals surface area contributed by atoms with E-state index in [4.69, 9.17) is 0 Å². The number of carbonyl (C=O) groups is 1. The number of aryl methyl sites for hydroxylation is 1. The highest BCUT2D eigenvalue weighted by Gasteiger charge is 2.31. The molecule has 0 aromatic carbocycles. The Morgan fingerprint density at radius 2 is 2.18 bits per heavy atom. The molecule has 7 nitrogen and oxygen atoms in total. The Hall–Kier alpha value is -2.44. The summed E-state index contributed by atoms with van der Waals surface area (Å²) in [5.41, 5.74) is 1.13. The minimum atomic E-state index is -0.182. The van der Waals surface area contributed by atoms with Gasteiger partial charge in [0.1, 0.15) is 6.33 Å². The van der Waals surface area contributed by atoms with E-state index in [1.165, 1.54) is 0 Å². The van der Waals surface area contributed by atoms with E-state index >= 15 is 0 Å². The number of rotatable bonds is 3. The maximum absolute atomic E-state index is 12.6. The molecule has 1 fully saturated rings. The molecule has 1 aliphatic rings. The Labute approximate surface area is 129 Å². The van der Waals surface area contributed by atoms with Gasteiger partial charge in [-0.1, -0.05) is 0 Å². The van der Waals surface area contributed by atoms with Crippen molar-refractivity contribution in [3.05, 3.63) is 42.2 Å². The van der Waals surface area contributed by atoms with E-state index in [9.17, 15) is 4.79 Å². The first-order valence-corrected chi connectivity index (χ1v) is 7.48. The normalized spacial score (nSPS) is 19.2. The average molecular weight is 300 g/mol. The molecule has 3 heterocycles. The number of likely N-dealkylation sites (tertiary alicyclic amines) is 1. The van der Waals surface area contributed by atoms with Gasteiger partial charge < -0.3 is 14.8 Å². The summed E-state index contributed by atoms with van der Waals surface area (Å²) in [6, 6.07) is 3.83. The fourth-order valence-electron chi connectivity index (χ4n) is 2.96. The topological polar surface area (TPSA) is 75.9 Å². The van der Waals surface area contributed by atoms with Gasteiger partial charge in [0.25, 0.3) is 0 Å². The summed E-state index contributed by atoms with van der Waals surface area (Å²) < 4.78 is 1.81. The van der Waals surface area contributed by atoms with Crippen LogP contribution in [0.2, 0.25) is 0 Å². The number of hydrogen-bond acceptors (Lipinski definition) is 4. The molecule has 1 saturated heterocycles. The second-order valence-electron chi connectivity index (χ2n) is 5.60. The molecular formula is C15H20N6O. The quantitative estimate of drug-likeness (QED) is 0.938. The zero-order chi connectivity index (χ0) is 15.5. The molecule has 22 heavy (non-hydrogen) atoms. The lowest BCUT2D eigenvalue weighted by molar-refractivity contribution is 0.189. The van der Waals surface area contributed by atoms with Crippen LogP contribution in [0, 0.1) is 0 Å². The number of pyridine rings is 1. The molecule has 2 amide bonds. The molecule has 3 rings (SSSR count). The van der Waals surface area contributed by atoms with E-state index in [0.29, 0.717) is 0 Å². The van der Waals surface area contributed by atoms with E-state index in [1.54, 1.807) is 18.7 Å². The standard InChI is InChI=1S/C15H20N6O/c1-11(14-19-17-10-20(14)2)18-15(22)21-9-3-4-13(21)12-5-7-16-8-6-12/h5-8,10-11,13H,3-4,9H2,1-2H3,(H,18,22)/t11-,13-/m1/s1. The van der Waals surface area contributed by atoms with Crippen LogP contribution in [0.1, 0.15) is 43.2 Å². The molecule has 7 heteroatoms. The third kappa shape index (κ3) is 2.79. The number of nitrogens with one attached hydrogen (secondary N) is 1. The smallest absolute Gasteiger partial charge is 0.318 e. The van der Waals surface area contributed by atoms with Crippen LogP contribution in [0.25, 0.3) is 0 Å². The number of carbonyl (C=O) groups excluding carboxylic acids is 1. The lowest BCUT2D eigenvalue weighted by atomic mass is 10.1. The van der Waals surface area contributed by atoms with Crippen molar-refractivity contribution in [2.45, 2.75) is 31.8 Å². The molecule has 0 bridgehead atoms. The van der Waals surface area contributed by atoms with Gasteiger partial charge in [-0.3, -0.25) is 4.98 Å². The van der Waals surface area contributed by atoms with Gasteiger partial charge in [-0.2, -0.15) is 0 Å². The molecule has 0 aliphatic carbocycles. The summed E-state index contributed by atoms with van der Waals surface area (Å²) in [4.78, 5) is 18.5. The summed E-state index contributed by atoms with van der Waals surface area (Å²) >= 11 is 0. The monoisotopic (exact) mass is 300 g/mol. The first-order valence-electron chi connectivity index (χ1n) is 7.48. The van der Waals surface area contributed by atoms with Crippen LogP contribution in [0.4, 0.5) is 4.79 Å². The largest absolute Gasteiger partial charge is 0.328 e. The van der Waals surface area contributed by atoms with Crippen molar-refractivity contribution in [2.75, 3.05) is 6.54 Å². The lowest BCUT2D eigenvalue weighted by Gasteiger charge is -2.26. The lowest BCUT2D eigenvalue weighted by Crippen LogP contribution is -2.41. The summed E-state index contributed by atoms with van der Waals surface area (Å²) in [6.45, 7) is 2.68. The van der Waals surface area contributed by atoms with Crippen molar-refractivity contribution >= 4 is 6.03 Å². The Kier molecular flexibility index (Phi) is 4.04. The average Bonchev–Trinajstić information content (AvgIpc) is 3.16. The molecule has 2 aromatic rings. The van der Waals surface area contributed by atoms with Crippen LogP contribution < -0.4 is 5.32 Å². The number of nitrogens with zero attached hydrogens (tertiary/aromatic N) is 5. The van der Waals surface area contributed by atoms with Crippen molar-refractivity contribution in [1.29, 1.82) is 0 Å². The van der Waals surface area contributed by atoms with Crippen molar-refractivity contribution in [3.63, 3.8) is 0 Å². The maximum Gasteiger partial charge on any atom is 0.318 e. The summed E-state index contributed by atoms with van der Waals surface area (Å²) in [7, 11) is 1.87. The Morgan fingerprint density at radius 3 is 2.86 bits per heavy atom. The first-order chi connectivity index (χ1) is 10.7. The highest BCUT2D eigenvalue weighted by molar-refractivity contribution is 5.75. The van der Waals surface area contributed by atoms with Gasteiger partial charge in [-0.05, 0) is 37.5 Å². The van der Waals surface area contributed by atoms with Gasteiger partial charge in [0.05, 0.1) is 12.1 Å². The zero-order valence-corrected chi connectivity index (χ0v) is 12.8. The highest BCUT2D eigenvalue weighted by atomic mass is 16.2. The number of amides is 2. The van der Waals surface area contributed by atoms with Gasteiger partial charge in [0.2, 0.25) is 0 Å². The van der Waals surface area contributed by atoms with E-state index in [1.807, 2.05) is 35.6 Å². The number of urea groups is 1. The molecule has 1 N–H and O–H groups in total. The SMILES string of the molecule is C[C@@H](NC(=O)N1CCC[C@@H]1c1ccncc1)c1nncn1C. The van der Waals surface area contributed by atoms with Crippen molar-refractivity contribution in [3.8, 4) is 0 Å². The molecule has 2 aromatic heterocycles. The van der Waals surface area contributed by atoms with Crippen LogP contribution in [-0.2, 0) is 7.05 Å². The van der Waals surface area contributed by atoms with Crippen LogP contribution in [0.3, 0.4) is 0 Å². The van der Waals surface area contributed by atoms with Gasteiger partial charge in [-0.15, -0.1) is 10.2 Å². The van der Waals surface area contributed by atoms with Gasteiger partial charge in [0.15, 0.2) is 5.82 Å². The predicted octanol–water partition coefficient (Wildman–Crippen LogP) is 1.82. The Balaban J connectivity index is 1.70. The molecule has 0 saturated carbocycles. The minimum absolute atomic E-state index is 0.0604. The van der Waals surface area contributed by atoms with Gasteiger partial charge >= 0.3 is 6.03 Å². The maximum atomic E-state index is 12.6. The van der Waals surface area contributed by atoms with E-state index in [0.717, 1.165) is 30.8 Å². The zero-order valence-electron chi connectivity index (χ0n) is 12.8. The number of hydrogen-bond donors (Lipinski definition) is 1. The van der Waals surface area contributed by atoms with E-state index < -0.39 is 0 Å². The molecule has 2 atom stereocenters. The van der Waals surface area contributed by atoms with Crippen LogP contribution in [0.15, 0.2) is 30.9 Å². The van der Waals surface area contributed by atoms with Crippen LogP contribution in [-0.4, -0.2) is 37.2 Å². The molecular weight excluding hydrogens is 280 g/mol. The Bertz CT molecular complexity index is 640. The molecule has 116 valence electrons. The van der Waals surface area contributed by atoms with Crippen LogP contribution >= 0.6 is 0 Å². The summed E-state index contributed by atoms with van der Waals surface area (Å²) in [5, 5.41) is 10.9. The second kappa shape index (κ2) is 6.13. The predicted molar refractivity (Wildman–Crippen MR) is 80.9 cm³/mol. The fraction of sp³-hybridized carbons (Fsp3) is 0.467. The third-order valence-electron chi connectivity index (χ3n) is 4.08. The molecule has 0 unspecified atom stereocenters. The van der Waals surface area contributed by atoms with Gasteiger partial charge in [-0.25, -0.2) is 4.79 Å². The molecule has 0 spiro atoms.